The number of nitrogens with one attached hydrogen (secondary N) is 1. The molecule has 0 radical (unpaired) electrons. The molecule has 37 heavy (non-hydrogen) atoms. The van der Waals surface area contributed by atoms with Crippen LogP contribution in [0.1, 0.15) is 61.8 Å². The zero-order valence-corrected chi connectivity index (χ0v) is 21.8. The van der Waals surface area contributed by atoms with E-state index in [4.69, 9.17) is 9.47 Å². The minimum Gasteiger partial charge on any atom is -0.497 e. The molecule has 0 unspecified atom stereocenters. The van der Waals surface area contributed by atoms with Crippen molar-refractivity contribution in [2.45, 2.75) is 64.3 Å². The van der Waals surface area contributed by atoms with Gasteiger partial charge in [0.2, 0.25) is 11.8 Å². The van der Waals surface area contributed by atoms with Crippen molar-refractivity contribution in [3.8, 4) is 11.5 Å². The summed E-state index contributed by atoms with van der Waals surface area (Å²) in [6.07, 6.45) is 10.7. The Morgan fingerprint density at radius 1 is 1.05 bits per heavy atom. The maximum absolute atomic E-state index is 13.2. The van der Waals surface area contributed by atoms with Crippen LogP contribution in [0.5, 0.6) is 11.5 Å². The Kier molecular flexibility index (Phi) is 6.29. The van der Waals surface area contributed by atoms with Crippen LogP contribution in [0.2, 0.25) is 0 Å². The molecule has 8 heteroatoms. The molecule has 1 N–H and O–H groups in total. The van der Waals surface area contributed by atoms with Crippen LogP contribution in [0.4, 0.5) is 5.82 Å². The second-order valence-corrected chi connectivity index (χ2v) is 11.7. The van der Waals surface area contributed by atoms with Crippen molar-refractivity contribution in [2.24, 2.45) is 23.2 Å². The Morgan fingerprint density at radius 2 is 1.78 bits per heavy atom. The third kappa shape index (κ3) is 4.78. The van der Waals surface area contributed by atoms with Crippen molar-refractivity contribution >= 4 is 17.6 Å². The third-order valence-corrected chi connectivity index (χ3v) is 9.15. The van der Waals surface area contributed by atoms with Crippen LogP contribution in [0.15, 0.2) is 24.5 Å². The molecule has 0 spiro atoms. The number of benzene rings is 1. The van der Waals surface area contributed by atoms with Gasteiger partial charge in [0.05, 0.1) is 32.9 Å². The Morgan fingerprint density at radius 3 is 2.46 bits per heavy atom. The molecule has 4 bridgehead atoms. The highest BCUT2D eigenvalue weighted by molar-refractivity contribution is 5.91. The fourth-order valence-electron chi connectivity index (χ4n) is 7.99. The van der Waals surface area contributed by atoms with Crippen LogP contribution in [0.25, 0.3) is 0 Å². The summed E-state index contributed by atoms with van der Waals surface area (Å²) in [5.74, 6) is 4.52. The maximum atomic E-state index is 13.2. The Bertz CT molecular complexity index is 1180. The number of rotatable bonds is 7. The van der Waals surface area contributed by atoms with E-state index in [0.29, 0.717) is 43.2 Å². The Hall–Kier alpha value is -3.16. The molecule has 2 heterocycles. The van der Waals surface area contributed by atoms with Crippen LogP contribution in [0, 0.1) is 23.2 Å². The molecule has 4 aliphatic carbocycles. The van der Waals surface area contributed by atoms with Gasteiger partial charge in [-0.3, -0.25) is 9.59 Å². The molecule has 0 saturated heterocycles. The van der Waals surface area contributed by atoms with Crippen molar-refractivity contribution in [2.75, 3.05) is 26.1 Å². The molecule has 4 fully saturated rings. The van der Waals surface area contributed by atoms with E-state index in [2.05, 4.69) is 15.3 Å². The summed E-state index contributed by atoms with van der Waals surface area (Å²) >= 11 is 0. The van der Waals surface area contributed by atoms with Crippen LogP contribution >= 0.6 is 0 Å². The van der Waals surface area contributed by atoms with Gasteiger partial charge in [0, 0.05) is 24.1 Å². The highest BCUT2D eigenvalue weighted by atomic mass is 16.5. The molecule has 2 amide bonds. The number of nitrogens with zero attached hydrogens (tertiary/aromatic N) is 3. The normalized spacial score (nSPS) is 27.5. The van der Waals surface area contributed by atoms with Gasteiger partial charge in [-0.2, -0.15) is 0 Å². The molecule has 2 aromatic rings. The smallest absolute Gasteiger partial charge is 0.227 e. The van der Waals surface area contributed by atoms with E-state index < -0.39 is 0 Å². The van der Waals surface area contributed by atoms with E-state index >= 15 is 0 Å². The molecular formula is C29H36N4O4. The second-order valence-electron chi connectivity index (χ2n) is 11.7. The number of hydrogen-bond donors (Lipinski definition) is 1. The van der Waals surface area contributed by atoms with Gasteiger partial charge in [0.25, 0.3) is 0 Å². The second kappa shape index (κ2) is 9.62. The van der Waals surface area contributed by atoms with Gasteiger partial charge in [0.15, 0.2) is 0 Å². The minimum absolute atomic E-state index is 0.00298. The van der Waals surface area contributed by atoms with Crippen molar-refractivity contribution in [3.05, 3.63) is 41.3 Å². The molecule has 1 aromatic carbocycles. The van der Waals surface area contributed by atoms with Gasteiger partial charge < -0.3 is 19.7 Å². The topological polar surface area (TPSA) is 93.7 Å². The number of aromatic nitrogens is 2. The largest absolute Gasteiger partial charge is 0.497 e. The van der Waals surface area contributed by atoms with Crippen LogP contribution in [-0.2, 0) is 29.0 Å². The summed E-state index contributed by atoms with van der Waals surface area (Å²) in [6, 6.07) is 5.48. The number of hydrogen-bond acceptors (Lipinski definition) is 6. The molecule has 1 aliphatic heterocycles. The third-order valence-electron chi connectivity index (χ3n) is 9.15. The first-order valence-electron chi connectivity index (χ1n) is 13.5. The van der Waals surface area contributed by atoms with E-state index in [-0.39, 0.29) is 23.7 Å². The lowest BCUT2D eigenvalue weighted by Gasteiger charge is -2.56. The number of anilines is 1. The highest BCUT2D eigenvalue weighted by Crippen LogP contribution is 2.61. The molecular weight excluding hydrogens is 468 g/mol. The number of carbonyl (C=O) groups excluding carboxylic acids is 2. The Balaban J connectivity index is 1.11. The van der Waals surface area contributed by atoms with Gasteiger partial charge in [-0.25, -0.2) is 9.97 Å². The quantitative estimate of drug-likeness (QED) is 0.609. The monoisotopic (exact) mass is 504 g/mol. The lowest BCUT2D eigenvalue weighted by atomic mass is 9.49. The number of ether oxygens (including phenoxy) is 2. The van der Waals surface area contributed by atoms with Crippen LogP contribution in [-0.4, -0.2) is 47.4 Å². The molecule has 4 saturated carbocycles. The van der Waals surface area contributed by atoms with E-state index in [1.807, 2.05) is 23.1 Å². The highest BCUT2D eigenvalue weighted by Gasteiger charge is 2.51. The average Bonchev–Trinajstić information content (AvgIpc) is 2.87. The van der Waals surface area contributed by atoms with E-state index in [1.165, 1.54) is 44.9 Å². The molecule has 7 rings (SSSR count). The average molecular weight is 505 g/mol. The van der Waals surface area contributed by atoms with Crippen molar-refractivity contribution in [3.63, 3.8) is 0 Å². The Labute approximate surface area is 218 Å². The molecule has 196 valence electrons. The van der Waals surface area contributed by atoms with E-state index in [1.54, 1.807) is 14.2 Å². The number of carbonyl (C=O) groups is 2. The van der Waals surface area contributed by atoms with E-state index in [9.17, 15) is 9.59 Å². The molecule has 8 nitrogen and oxygen atoms in total. The van der Waals surface area contributed by atoms with Crippen LogP contribution in [0.3, 0.4) is 0 Å². The maximum Gasteiger partial charge on any atom is 0.227 e. The lowest BCUT2D eigenvalue weighted by Crippen LogP contribution is -2.47. The van der Waals surface area contributed by atoms with Gasteiger partial charge in [-0.1, -0.05) is 0 Å². The fraction of sp³-hybridized carbons (Fsp3) is 0.586. The number of fused-ring (bicyclic) bond motifs is 1. The first-order chi connectivity index (χ1) is 17.9. The molecule has 5 aliphatic rings. The van der Waals surface area contributed by atoms with Gasteiger partial charge in [0.1, 0.15) is 23.6 Å². The summed E-state index contributed by atoms with van der Waals surface area (Å²) in [5, 5.41) is 3.13. The zero-order valence-electron chi connectivity index (χ0n) is 21.8. The standard InChI is InChI=1S/C29H36N4O4/c1-36-22-3-4-25(37-2)21(10-22)11-27(35)33-6-5-23-24(16-33)30-17-31-28(23)32-26(34)15-29-12-18-7-19(13-29)9-20(8-18)14-29/h3-4,10,17-20H,5-9,11-16H2,1-2H3,(H,30,31,32,34). The van der Waals surface area contributed by atoms with Crippen molar-refractivity contribution in [1.29, 1.82) is 0 Å². The number of amides is 2. The summed E-state index contributed by atoms with van der Waals surface area (Å²) in [5.41, 5.74) is 2.73. The predicted molar refractivity (Wildman–Crippen MR) is 138 cm³/mol. The van der Waals surface area contributed by atoms with Crippen molar-refractivity contribution < 1.29 is 19.1 Å². The zero-order chi connectivity index (χ0) is 25.6. The van der Waals surface area contributed by atoms with E-state index in [0.717, 1.165) is 34.6 Å². The summed E-state index contributed by atoms with van der Waals surface area (Å²) in [4.78, 5) is 37.1. The summed E-state index contributed by atoms with van der Waals surface area (Å²) in [6.45, 7) is 0.962. The molecule has 0 atom stereocenters. The van der Waals surface area contributed by atoms with Crippen LogP contribution < -0.4 is 14.8 Å². The first kappa shape index (κ1) is 24.2. The number of methoxy groups -OCH3 is 2. The predicted octanol–water partition coefficient (Wildman–Crippen LogP) is 4.17. The van der Waals surface area contributed by atoms with Gasteiger partial charge in [-0.15, -0.1) is 0 Å². The summed E-state index contributed by atoms with van der Waals surface area (Å²) < 4.78 is 10.8. The van der Waals surface area contributed by atoms with Crippen molar-refractivity contribution in [1.82, 2.24) is 14.9 Å². The van der Waals surface area contributed by atoms with Gasteiger partial charge >= 0.3 is 0 Å². The summed E-state index contributed by atoms with van der Waals surface area (Å²) in [7, 11) is 3.21. The molecule has 1 aromatic heterocycles. The van der Waals surface area contributed by atoms with Gasteiger partial charge in [-0.05, 0) is 86.3 Å². The SMILES string of the molecule is COc1ccc(OC)c(CC(=O)N2CCc3c(ncnc3NC(=O)CC34CC5CC(CC(C5)C3)C4)C2)c1. The minimum atomic E-state index is 0.00298. The fourth-order valence-corrected chi connectivity index (χ4v) is 7.99. The lowest BCUT2D eigenvalue weighted by molar-refractivity contribution is -0.131. The first-order valence-corrected chi connectivity index (χ1v) is 13.5.